The van der Waals surface area contributed by atoms with Crippen LogP contribution in [-0.4, -0.2) is 10.2 Å². The van der Waals surface area contributed by atoms with Gasteiger partial charge in [0, 0.05) is 10.0 Å². The molecular weight excluding hydrogens is 304 g/mol. The van der Waals surface area contributed by atoms with Crippen molar-refractivity contribution in [3.05, 3.63) is 33.8 Å². The number of hydrogen-bond donors (Lipinski definition) is 2. The summed E-state index contributed by atoms with van der Waals surface area (Å²) in [6, 6.07) is 2.42. The summed E-state index contributed by atoms with van der Waals surface area (Å²) < 4.78 is 28.1. The van der Waals surface area contributed by atoms with Gasteiger partial charge in [-0.2, -0.15) is 5.10 Å². The van der Waals surface area contributed by atoms with Gasteiger partial charge in [-0.3, -0.25) is 5.10 Å². The van der Waals surface area contributed by atoms with Gasteiger partial charge in [0.05, 0.1) is 11.3 Å². The molecule has 6 heteroatoms. The molecule has 0 radical (unpaired) electrons. The van der Waals surface area contributed by atoms with Crippen LogP contribution in [0.3, 0.4) is 0 Å². The number of rotatable bonds is 2. The quantitative estimate of drug-likeness (QED) is 0.885. The van der Waals surface area contributed by atoms with Gasteiger partial charge in [-0.05, 0) is 18.1 Å². The van der Waals surface area contributed by atoms with Gasteiger partial charge in [-0.25, -0.2) is 8.78 Å². The summed E-state index contributed by atoms with van der Waals surface area (Å²) >= 11 is 3.04. The fraction of sp³-hybridized carbons (Fsp3) is 0.250. The topological polar surface area (TPSA) is 54.7 Å². The van der Waals surface area contributed by atoms with E-state index in [9.17, 15) is 8.78 Å². The molecule has 1 aromatic heterocycles. The predicted molar refractivity (Wildman–Crippen MR) is 70.1 cm³/mol. The Bertz CT molecular complexity index is 570. The smallest absolute Gasteiger partial charge is 0.149 e. The first kappa shape index (κ1) is 13.0. The lowest BCUT2D eigenvalue weighted by molar-refractivity contribution is 0.586. The third-order valence-corrected chi connectivity index (χ3v) is 3.13. The Kier molecular flexibility index (Phi) is 3.38. The number of nitrogen functional groups attached to an aromatic ring is 1. The van der Waals surface area contributed by atoms with Gasteiger partial charge in [-0.1, -0.05) is 29.8 Å². The second kappa shape index (κ2) is 4.68. The summed E-state index contributed by atoms with van der Waals surface area (Å²) in [6.45, 7) is 3.78. The van der Waals surface area contributed by atoms with Crippen LogP contribution in [0.2, 0.25) is 0 Å². The predicted octanol–water partition coefficient (Wildman–Crippen LogP) is 3.82. The average molecular weight is 316 g/mol. The fourth-order valence-corrected chi connectivity index (χ4v) is 2.32. The van der Waals surface area contributed by atoms with Gasteiger partial charge in [-0.15, -0.1) is 0 Å². The number of anilines is 1. The summed E-state index contributed by atoms with van der Waals surface area (Å²) in [6.07, 6.45) is 0. The van der Waals surface area contributed by atoms with E-state index in [1.54, 1.807) is 0 Å². The van der Waals surface area contributed by atoms with Crippen molar-refractivity contribution in [2.45, 2.75) is 19.8 Å². The molecule has 0 spiro atoms. The zero-order valence-corrected chi connectivity index (χ0v) is 11.5. The third-order valence-electron chi connectivity index (χ3n) is 2.67. The second-order valence-corrected chi connectivity index (χ2v) is 5.21. The van der Waals surface area contributed by atoms with E-state index in [2.05, 4.69) is 26.1 Å². The molecular formula is C12H12BrF2N3. The molecule has 3 nitrogen and oxygen atoms in total. The van der Waals surface area contributed by atoms with Crippen LogP contribution >= 0.6 is 15.9 Å². The normalized spacial score (nSPS) is 11.2. The van der Waals surface area contributed by atoms with Crippen LogP contribution in [0.15, 0.2) is 16.6 Å². The highest BCUT2D eigenvalue weighted by atomic mass is 79.9. The molecule has 0 bridgehead atoms. The van der Waals surface area contributed by atoms with Gasteiger partial charge in [0.2, 0.25) is 0 Å². The lowest BCUT2D eigenvalue weighted by Gasteiger charge is -2.09. The first-order valence-electron chi connectivity index (χ1n) is 5.40. The van der Waals surface area contributed by atoms with Crippen molar-refractivity contribution >= 4 is 21.7 Å². The molecule has 3 N–H and O–H groups in total. The molecule has 1 heterocycles. The zero-order chi connectivity index (χ0) is 13.4. The van der Waals surface area contributed by atoms with Crippen LogP contribution in [0.25, 0.3) is 11.3 Å². The van der Waals surface area contributed by atoms with E-state index >= 15 is 0 Å². The number of nitrogens with two attached hydrogens (primary N) is 1. The minimum Gasteiger partial charge on any atom is -0.382 e. The minimum atomic E-state index is -0.660. The number of halogens is 3. The van der Waals surface area contributed by atoms with E-state index in [0.29, 0.717) is 15.7 Å². The van der Waals surface area contributed by atoms with Gasteiger partial charge in [0.25, 0.3) is 0 Å². The Morgan fingerprint density at radius 1 is 1.28 bits per heavy atom. The van der Waals surface area contributed by atoms with Crippen molar-refractivity contribution in [1.82, 2.24) is 10.2 Å². The first-order valence-corrected chi connectivity index (χ1v) is 6.19. The second-order valence-electron chi connectivity index (χ2n) is 4.30. The van der Waals surface area contributed by atoms with Crippen LogP contribution in [0.1, 0.15) is 25.3 Å². The molecule has 0 atom stereocenters. The summed E-state index contributed by atoms with van der Waals surface area (Å²) in [7, 11) is 0. The first-order chi connectivity index (χ1) is 8.41. The summed E-state index contributed by atoms with van der Waals surface area (Å²) in [4.78, 5) is 0. The molecule has 0 saturated carbocycles. The SMILES string of the molecule is CC(C)c1c(N)n[nH]c1-c1c(F)cc(Br)cc1F. The Labute approximate surface area is 112 Å². The van der Waals surface area contributed by atoms with Crippen molar-refractivity contribution in [1.29, 1.82) is 0 Å². The van der Waals surface area contributed by atoms with Crippen LogP contribution in [0.5, 0.6) is 0 Å². The molecule has 2 aromatic rings. The van der Waals surface area contributed by atoms with Crippen molar-refractivity contribution < 1.29 is 8.78 Å². The summed E-state index contributed by atoms with van der Waals surface area (Å²) in [5, 5.41) is 6.43. The molecule has 0 aliphatic carbocycles. The Balaban J connectivity index is 2.70. The average Bonchev–Trinajstić information content (AvgIpc) is 2.58. The van der Waals surface area contributed by atoms with E-state index in [1.807, 2.05) is 13.8 Å². The number of benzene rings is 1. The number of H-pyrrole nitrogens is 1. The molecule has 96 valence electrons. The minimum absolute atomic E-state index is 0.0150. The molecule has 0 aliphatic rings. The van der Waals surface area contributed by atoms with Crippen LogP contribution < -0.4 is 5.73 Å². The van der Waals surface area contributed by atoms with Gasteiger partial charge in [0.1, 0.15) is 17.5 Å². The molecule has 0 fully saturated rings. The van der Waals surface area contributed by atoms with E-state index in [0.717, 1.165) is 0 Å². The van der Waals surface area contributed by atoms with E-state index in [1.165, 1.54) is 12.1 Å². The monoisotopic (exact) mass is 315 g/mol. The molecule has 0 unspecified atom stereocenters. The van der Waals surface area contributed by atoms with Gasteiger partial charge in [0.15, 0.2) is 0 Å². The number of aromatic amines is 1. The van der Waals surface area contributed by atoms with E-state index < -0.39 is 11.6 Å². The fourth-order valence-electron chi connectivity index (χ4n) is 1.92. The maximum Gasteiger partial charge on any atom is 0.149 e. The number of aromatic nitrogens is 2. The molecule has 18 heavy (non-hydrogen) atoms. The van der Waals surface area contributed by atoms with Crippen molar-refractivity contribution in [3.63, 3.8) is 0 Å². The molecule has 1 aromatic carbocycles. The van der Waals surface area contributed by atoms with E-state index in [-0.39, 0.29) is 17.3 Å². The largest absolute Gasteiger partial charge is 0.382 e. The van der Waals surface area contributed by atoms with Gasteiger partial charge >= 0.3 is 0 Å². The molecule has 0 saturated heterocycles. The Morgan fingerprint density at radius 2 is 1.83 bits per heavy atom. The molecule has 2 rings (SSSR count). The number of hydrogen-bond acceptors (Lipinski definition) is 2. The summed E-state index contributed by atoms with van der Waals surface area (Å²) in [5.74, 6) is -1.04. The molecule has 0 aliphatic heterocycles. The zero-order valence-electron chi connectivity index (χ0n) is 9.89. The maximum atomic E-state index is 13.9. The van der Waals surface area contributed by atoms with Gasteiger partial charge < -0.3 is 5.73 Å². The highest BCUT2D eigenvalue weighted by Crippen LogP contribution is 2.35. The maximum absolute atomic E-state index is 13.9. The summed E-state index contributed by atoms with van der Waals surface area (Å²) in [5.41, 5.74) is 6.50. The van der Waals surface area contributed by atoms with Crippen LogP contribution in [0.4, 0.5) is 14.6 Å². The Hall–Kier alpha value is -1.43. The third kappa shape index (κ3) is 2.12. The van der Waals surface area contributed by atoms with E-state index in [4.69, 9.17) is 5.73 Å². The lowest BCUT2D eigenvalue weighted by atomic mass is 9.98. The highest BCUT2D eigenvalue weighted by molar-refractivity contribution is 9.10. The molecule has 0 amide bonds. The standard InChI is InChI=1S/C12H12BrF2N3/c1-5(2)9-11(17-18-12(9)16)10-7(14)3-6(13)4-8(10)15/h3-5H,1-2H3,(H3,16,17,18). The van der Waals surface area contributed by atoms with Crippen molar-refractivity contribution in [2.24, 2.45) is 0 Å². The van der Waals surface area contributed by atoms with Crippen LogP contribution in [-0.2, 0) is 0 Å². The lowest BCUT2D eigenvalue weighted by Crippen LogP contribution is -1.98. The Morgan fingerprint density at radius 3 is 2.33 bits per heavy atom. The van der Waals surface area contributed by atoms with Crippen molar-refractivity contribution in [2.75, 3.05) is 5.73 Å². The number of nitrogens with zero attached hydrogens (tertiary/aromatic N) is 1. The van der Waals surface area contributed by atoms with Crippen LogP contribution in [0, 0.1) is 11.6 Å². The van der Waals surface area contributed by atoms with Crippen molar-refractivity contribution in [3.8, 4) is 11.3 Å². The number of nitrogens with one attached hydrogen (secondary N) is 1. The highest BCUT2D eigenvalue weighted by Gasteiger charge is 2.21.